The van der Waals surface area contributed by atoms with Crippen LogP contribution in [0, 0.1) is 6.92 Å². The largest absolute Gasteiger partial charge is 0.495 e. The van der Waals surface area contributed by atoms with E-state index < -0.39 is 0 Å². The second-order valence-electron chi connectivity index (χ2n) is 4.61. The van der Waals surface area contributed by atoms with E-state index in [1.54, 1.807) is 37.4 Å². The van der Waals surface area contributed by atoms with Gasteiger partial charge in [-0.05, 0) is 48.9 Å². The molecule has 21 heavy (non-hydrogen) atoms. The van der Waals surface area contributed by atoms with Crippen molar-refractivity contribution in [2.75, 3.05) is 24.8 Å². The monoisotopic (exact) mass is 286 g/mol. The summed E-state index contributed by atoms with van der Waals surface area (Å²) >= 11 is 0. The number of hydrogen-bond donors (Lipinski definition) is 2. The van der Waals surface area contributed by atoms with Crippen molar-refractivity contribution >= 4 is 17.3 Å². The maximum atomic E-state index is 11.9. The molecule has 0 heterocycles. The van der Waals surface area contributed by atoms with Gasteiger partial charge in [-0.25, -0.2) is 0 Å². The Balaban J connectivity index is 1.94. The maximum absolute atomic E-state index is 11.9. The van der Waals surface area contributed by atoms with Gasteiger partial charge >= 0.3 is 0 Å². The number of anilines is 2. The van der Waals surface area contributed by atoms with Gasteiger partial charge in [0.1, 0.15) is 11.5 Å². The van der Waals surface area contributed by atoms with Crippen LogP contribution in [0.15, 0.2) is 42.5 Å². The number of ether oxygens (including phenoxy) is 2. The van der Waals surface area contributed by atoms with Crippen LogP contribution in [0.1, 0.15) is 5.56 Å². The van der Waals surface area contributed by atoms with Crippen LogP contribution in [0.4, 0.5) is 11.4 Å². The number of nitrogens with one attached hydrogen (secondary N) is 1. The Labute approximate surface area is 123 Å². The number of hydrogen-bond acceptors (Lipinski definition) is 4. The number of nitrogen functional groups attached to an aromatic ring is 1. The van der Waals surface area contributed by atoms with E-state index >= 15 is 0 Å². The molecule has 0 unspecified atom stereocenters. The molecule has 110 valence electrons. The fraction of sp³-hybridized carbons (Fsp3) is 0.188. The van der Waals surface area contributed by atoms with Gasteiger partial charge in [-0.15, -0.1) is 0 Å². The van der Waals surface area contributed by atoms with Crippen molar-refractivity contribution < 1.29 is 14.3 Å². The molecule has 0 bridgehead atoms. The minimum atomic E-state index is -0.256. The molecule has 2 rings (SSSR count). The van der Waals surface area contributed by atoms with Gasteiger partial charge in [0.25, 0.3) is 5.91 Å². The Morgan fingerprint density at radius 2 is 1.90 bits per heavy atom. The number of rotatable bonds is 5. The molecule has 2 aromatic rings. The number of aryl methyl sites for hydroxylation is 1. The third kappa shape index (κ3) is 4.14. The number of carbonyl (C=O) groups excluding carboxylic acids is 1. The first-order chi connectivity index (χ1) is 10.1. The zero-order valence-electron chi connectivity index (χ0n) is 12.1. The summed E-state index contributed by atoms with van der Waals surface area (Å²) in [7, 11) is 1.56. The molecular weight excluding hydrogens is 268 g/mol. The first-order valence-electron chi connectivity index (χ1n) is 6.51. The maximum Gasteiger partial charge on any atom is 0.262 e. The fourth-order valence-corrected chi connectivity index (χ4v) is 1.80. The molecule has 5 nitrogen and oxygen atoms in total. The summed E-state index contributed by atoms with van der Waals surface area (Å²) in [5.41, 5.74) is 7.91. The van der Waals surface area contributed by atoms with Gasteiger partial charge in [0.2, 0.25) is 0 Å². The first-order valence-corrected chi connectivity index (χ1v) is 6.51. The van der Waals surface area contributed by atoms with Crippen molar-refractivity contribution in [1.82, 2.24) is 0 Å². The van der Waals surface area contributed by atoms with Crippen molar-refractivity contribution in [1.29, 1.82) is 0 Å². The number of nitrogens with two attached hydrogens (primary N) is 1. The predicted octanol–water partition coefficient (Wildman–Crippen LogP) is 2.60. The molecule has 0 aromatic heterocycles. The average molecular weight is 286 g/mol. The Bertz CT molecular complexity index is 624. The third-order valence-corrected chi connectivity index (χ3v) is 2.88. The first kappa shape index (κ1) is 14.7. The minimum absolute atomic E-state index is 0.0824. The quantitative estimate of drug-likeness (QED) is 0.829. The van der Waals surface area contributed by atoms with Crippen LogP contribution in [-0.4, -0.2) is 19.6 Å². The Morgan fingerprint density at radius 3 is 2.57 bits per heavy atom. The van der Waals surface area contributed by atoms with Crippen LogP contribution < -0.4 is 20.5 Å². The highest BCUT2D eigenvalue weighted by Crippen LogP contribution is 2.25. The molecule has 0 aliphatic heterocycles. The Hall–Kier alpha value is -2.69. The highest BCUT2D eigenvalue weighted by molar-refractivity contribution is 5.93. The lowest BCUT2D eigenvalue weighted by atomic mass is 10.2. The van der Waals surface area contributed by atoms with Crippen LogP contribution >= 0.6 is 0 Å². The van der Waals surface area contributed by atoms with Gasteiger partial charge in [-0.1, -0.05) is 6.07 Å². The van der Waals surface area contributed by atoms with Gasteiger partial charge in [0, 0.05) is 5.69 Å². The zero-order chi connectivity index (χ0) is 15.2. The molecule has 2 aromatic carbocycles. The molecule has 0 radical (unpaired) electrons. The normalized spacial score (nSPS) is 10.0. The second kappa shape index (κ2) is 6.65. The smallest absolute Gasteiger partial charge is 0.262 e. The lowest BCUT2D eigenvalue weighted by Gasteiger charge is -2.11. The summed E-state index contributed by atoms with van der Waals surface area (Å²) in [4.78, 5) is 11.9. The van der Waals surface area contributed by atoms with E-state index in [9.17, 15) is 4.79 Å². The SMILES string of the molecule is COc1cc(C)ccc1NC(=O)COc1ccc(N)cc1. The highest BCUT2D eigenvalue weighted by Gasteiger charge is 2.08. The third-order valence-electron chi connectivity index (χ3n) is 2.88. The standard InChI is InChI=1S/C16H18N2O3/c1-11-3-8-14(15(9-11)20-2)18-16(19)10-21-13-6-4-12(17)5-7-13/h3-9H,10,17H2,1-2H3,(H,18,19). The molecule has 0 saturated heterocycles. The Morgan fingerprint density at radius 1 is 1.19 bits per heavy atom. The van der Waals surface area contributed by atoms with Crippen LogP contribution in [0.25, 0.3) is 0 Å². The van der Waals surface area contributed by atoms with E-state index in [4.69, 9.17) is 15.2 Å². The fourth-order valence-electron chi connectivity index (χ4n) is 1.80. The molecular formula is C16H18N2O3. The van der Waals surface area contributed by atoms with Crippen LogP contribution in [-0.2, 0) is 4.79 Å². The second-order valence-corrected chi connectivity index (χ2v) is 4.61. The summed E-state index contributed by atoms with van der Waals surface area (Å²) in [5, 5.41) is 2.76. The summed E-state index contributed by atoms with van der Waals surface area (Å²) in [5.74, 6) is 0.958. The van der Waals surface area contributed by atoms with E-state index in [0.29, 0.717) is 22.9 Å². The molecule has 3 N–H and O–H groups in total. The number of benzene rings is 2. The van der Waals surface area contributed by atoms with E-state index in [0.717, 1.165) is 5.56 Å². The molecule has 0 spiro atoms. The van der Waals surface area contributed by atoms with Crippen LogP contribution in [0.5, 0.6) is 11.5 Å². The number of methoxy groups -OCH3 is 1. The number of amides is 1. The summed E-state index contributed by atoms with van der Waals surface area (Å²) in [6.45, 7) is 1.87. The molecule has 0 fully saturated rings. The van der Waals surface area contributed by atoms with E-state index in [2.05, 4.69) is 5.32 Å². The zero-order valence-corrected chi connectivity index (χ0v) is 12.1. The summed E-state index contributed by atoms with van der Waals surface area (Å²) in [6.07, 6.45) is 0. The van der Waals surface area contributed by atoms with Crippen molar-refractivity contribution in [2.45, 2.75) is 6.92 Å². The predicted molar refractivity (Wildman–Crippen MR) is 82.7 cm³/mol. The Kier molecular flexibility index (Phi) is 4.66. The van der Waals surface area contributed by atoms with E-state index in [1.165, 1.54) is 0 Å². The van der Waals surface area contributed by atoms with Gasteiger partial charge in [0.15, 0.2) is 6.61 Å². The molecule has 0 atom stereocenters. The molecule has 1 amide bonds. The number of carbonyl (C=O) groups is 1. The van der Waals surface area contributed by atoms with Crippen molar-refractivity contribution in [3.63, 3.8) is 0 Å². The van der Waals surface area contributed by atoms with Crippen molar-refractivity contribution in [3.8, 4) is 11.5 Å². The molecule has 0 aliphatic carbocycles. The van der Waals surface area contributed by atoms with Crippen molar-refractivity contribution in [2.24, 2.45) is 0 Å². The van der Waals surface area contributed by atoms with Gasteiger partial charge < -0.3 is 20.5 Å². The molecule has 5 heteroatoms. The minimum Gasteiger partial charge on any atom is -0.495 e. The highest BCUT2D eigenvalue weighted by atomic mass is 16.5. The summed E-state index contributed by atoms with van der Waals surface area (Å²) in [6, 6.07) is 12.4. The van der Waals surface area contributed by atoms with Crippen LogP contribution in [0.3, 0.4) is 0 Å². The average Bonchev–Trinajstić information content (AvgIpc) is 2.48. The lowest BCUT2D eigenvalue weighted by molar-refractivity contribution is -0.118. The van der Waals surface area contributed by atoms with Gasteiger partial charge in [-0.3, -0.25) is 4.79 Å². The van der Waals surface area contributed by atoms with Crippen molar-refractivity contribution in [3.05, 3.63) is 48.0 Å². The summed E-state index contributed by atoms with van der Waals surface area (Å²) < 4.78 is 10.6. The van der Waals surface area contributed by atoms with Crippen LogP contribution in [0.2, 0.25) is 0 Å². The van der Waals surface area contributed by atoms with E-state index in [1.807, 2.05) is 19.1 Å². The van der Waals surface area contributed by atoms with Gasteiger partial charge in [0.05, 0.1) is 12.8 Å². The van der Waals surface area contributed by atoms with E-state index in [-0.39, 0.29) is 12.5 Å². The molecule has 0 saturated carbocycles. The topological polar surface area (TPSA) is 73.6 Å². The molecule has 0 aliphatic rings. The lowest BCUT2D eigenvalue weighted by Crippen LogP contribution is -2.20. The van der Waals surface area contributed by atoms with Gasteiger partial charge in [-0.2, -0.15) is 0 Å².